The number of fused-ring (bicyclic) bond motifs is 1. The first-order chi connectivity index (χ1) is 13.1. The van der Waals surface area contributed by atoms with E-state index in [2.05, 4.69) is 20.2 Å². The van der Waals surface area contributed by atoms with Crippen molar-refractivity contribution < 1.29 is 14.3 Å². The Bertz CT molecular complexity index is 858. The molecule has 0 radical (unpaired) electrons. The number of benzene rings is 1. The molecule has 0 bridgehead atoms. The van der Waals surface area contributed by atoms with Gasteiger partial charge in [-0.1, -0.05) is 6.08 Å². The Morgan fingerprint density at radius 1 is 1.19 bits per heavy atom. The van der Waals surface area contributed by atoms with Crippen molar-refractivity contribution in [3.8, 4) is 11.5 Å². The SMILES string of the molecule is C/C=C(\C)NC(=O)C1CCN(c2ncnc3cc(OC)c(OC)cc23)CC1. The molecule has 2 heterocycles. The minimum atomic E-state index is 0.0267. The van der Waals surface area contributed by atoms with Gasteiger partial charge < -0.3 is 19.7 Å². The van der Waals surface area contributed by atoms with Crippen LogP contribution in [0.3, 0.4) is 0 Å². The van der Waals surface area contributed by atoms with Gasteiger partial charge in [-0.05, 0) is 32.8 Å². The average molecular weight is 370 g/mol. The van der Waals surface area contributed by atoms with Gasteiger partial charge in [0.15, 0.2) is 11.5 Å². The number of amides is 1. The zero-order valence-electron chi connectivity index (χ0n) is 16.3. The molecule has 1 saturated heterocycles. The molecule has 0 spiro atoms. The largest absolute Gasteiger partial charge is 0.493 e. The van der Waals surface area contributed by atoms with Gasteiger partial charge in [0.2, 0.25) is 5.91 Å². The van der Waals surface area contributed by atoms with Crippen LogP contribution in [0.2, 0.25) is 0 Å². The van der Waals surface area contributed by atoms with Gasteiger partial charge in [0.1, 0.15) is 12.1 Å². The van der Waals surface area contributed by atoms with Crippen LogP contribution in [-0.4, -0.2) is 43.2 Å². The van der Waals surface area contributed by atoms with Crippen molar-refractivity contribution in [3.05, 3.63) is 30.2 Å². The molecule has 1 aromatic heterocycles. The van der Waals surface area contributed by atoms with Crippen molar-refractivity contribution >= 4 is 22.6 Å². The van der Waals surface area contributed by atoms with Crippen LogP contribution in [0.4, 0.5) is 5.82 Å². The van der Waals surface area contributed by atoms with E-state index in [1.54, 1.807) is 20.5 Å². The van der Waals surface area contributed by atoms with Crippen LogP contribution in [0.25, 0.3) is 10.9 Å². The number of hydrogen-bond acceptors (Lipinski definition) is 6. The lowest BCUT2D eigenvalue weighted by molar-refractivity contribution is -0.124. The number of anilines is 1. The van der Waals surface area contributed by atoms with Crippen LogP contribution in [0.1, 0.15) is 26.7 Å². The Morgan fingerprint density at radius 2 is 1.85 bits per heavy atom. The van der Waals surface area contributed by atoms with Crippen molar-refractivity contribution in [1.29, 1.82) is 0 Å². The molecule has 1 aliphatic rings. The van der Waals surface area contributed by atoms with Gasteiger partial charge in [-0.2, -0.15) is 0 Å². The van der Waals surface area contributed by atoms with E-state index in [9.17, 15) is 4.79 Å². The Morgan fingerprint density at radius 3 is 2.48 bits per heavy atom. The highest BCUT2D eigenvalue weighted by atomic mass is 16.5. The maximum atomic E-state index is 12.4. The second-order valence-electron chi connectivity index (χ2n) is 6.64. The molecule has 1 aromatic carbocycles. The fourth-order valence-corrected chi connectivity index (χ4v) is 3.34. The standard InChI is InChI=1S/C20H26N4O3/c1-5-13(2)23-20(25)14-6-8-24(9-7-14)19-15-10-17(26-3)18(27-4)11-16(15)21-12-22-19/h5,10-12,14H,6-9H2,1-4H3,(H,23,25)/b13-5+. The molecule has 0 aliphatic carbocycles. The van der Waals surface area contributed by atoms with E-state index in [1.807, 2.05) is 32.1 Å². The van der Waals surface area contributed by atoms with Gasteiger partial charge in [-0.3, -0.25) is 4.79 Å². The highest BCUT2D eigenvalue weighted by molar-refractivity contribution is 5.92. The summed E-state index contributed by atoms with van der Waals surface area (Å²) in [6.07, 6.45) is 5.06. The third kappa shape index (κ3) is 3.97. The molecule has 7 heteroatoms. The topological polar surface area (TPSA) is 76.6 Å². The molecule has 2 aromatic rings. The number of nitrogens with one attached hydrogen (secondary N) is 1. The van der Waals surface area contributed by atoms with Gasteiger partial charge in [0.25, 0.3) is 0 Å². The van der Waals surface area contributed by atoms with E-state index >= 15 is 0 Å². The average Bonchev–Trinajstić information content (AvgIpc) is 2.72. The van der Waals surface area contributed by atoms with Crippen LogP contribution in [0, 0.1) is 5.92 Å². The van der Waals surface area contributed by atoms with Gasteiger partial charge in [0.05, 0.1) is 19.7 Å². The quantitative estimate of drug-likeness (QED) is 0.872. The first-order valence-electron chi connectivity index (χ1n) is 9.12. The van der Waals surface area contributed by atoms with E-state index in [4.69, 9.17) is 9.47 Å². The number of piperidine rings is 1. The molecule has 27 heavy (non-hydrogen) atoms. The number of ether oxygens (including phenoxy) is 2. The van der Waals surface area contributed by atoms with Gasteiger partial charge in [-0.15, -0.1) is 0 Å². The number of nitrogens with zero attached hydrogens (tertiary/aromatic N) is 3. The van der Waals surface area contributed by atoms with Gasteiger partial charge in [-0.25, -0.2) is 9.97 Å². The molecule has 1 N–H and O–H groups in total. The maximum Gasteiger partial charge on any atom is 0.227 e. The Labute approximate surface area is 159 Å². The zero-order chi connectivity index (χ0) is 19.4. The Balaban J connectivity index is 1.80. The number of allylic oxidation sites excluding steroid dienone is 2. The second-order valence-corrected chi connectivity index (χ2v) is 6.64. The van der Waals surface area contributed by atoms with Crippen LogP contribution in [-0.2, 0) is 4.79 Å². The number of methoxy groups -OCH3 is 2. The normalized spacial score (nSPS) is 15.7. The summed E-state index contributed by atoms with van der Waals surface area (Å²) in [6.45, 7) is 5.37. The van der Waals surface area contributed by atoms with Crippen molar-refractivity contribution in [2.24, 2.45) is 5.92 Å². The fraction of sp³-hybridized carbons (Fsp3) is 0.450. The highest BCUT2D eigenvalue weighted by Gasteiger charge is 2.26. The summed E-state index contributed by atoms with van der Waals surface area (Å²) in [6, 6.07) is 3.77. The summed E-state index contributed by atoms with van der Waals surface area (Å²) in [5.74, 6) is 2.29. The van der Waals surface area contributed by atoms with E-state index in [1.165, 1.54) is 0 Å². The summed E-state index contributed by atoms with van der Waals surface area (Å²) in [4.78, 5) is 23.4. The van der Waals surface area contributed by atoms with Crippen LogP contribution in [0.15, 0.2) is 30.2 Å². The first kappa shape index (κ1) is 18.9. The molecule has 7 nitrogen and oxygen atoms in total. The van der Waals surface area contributed by atoms with E-state index in [-0.39, 0.29) is 11.8 Å². The molecule has 0 atom stereocenters. The molecule has 1 fully saturated rings. The molecule has 0 unspecified atom stereocenters. The first-order valence-corrected chi connectivity index (χ1v) is 9.12. The van der Waals surface area contributed by atoms with Crippen LogP contribution in [0.5, 0.6) is 11.5 Å². The van der Waals surface area contributed by atoms with Crippen LogP contribution >= 0.6 is 0 Å². The lowest BCUT2D eigenvalue weighted by atomic mass is 9.95. The molecule has 1 amide bonds. The van der Waals surface area contributed by atoms with Gasteiger partial charge >= 0.3 is 0 Å². The minimum Gasteiger partial charge on any atom is -0.493 e. The number of hydrogen-bond donors (Lipinski definition) is 1. The smallest absolute Gasteiger partial charge is 0.227 e. The molecule has 0 saturated carbocycles. The van der Waals surface area contributed by atoms with Crippen molar-refractivity contribution in [3.63, 3.8) is 0 Å². The summed E-state index contributed by atoms with van der Waals surface area (Å²) in [7, 11) is 3.22. The monoisotopic (exact) mass is 370 g/mol. The number of aromatic nitrogens is 2. The summed E-state index contributed by atoms with van der Waals surface area (Å²) in [5.41, 5.74) is 1.70. The van der Waals surface area contributed by atoms with E-state index in [0.717, 1.165) is 48.3 Å². The predicted molar refractivity (Wildman–Crippen MR) is 105 cm³/mol. The molecule has 3 rings (SSSR count). The lowest BCUT2D eigenvalue weighted by Crippen LogP contribution is -2.40. The number of carbonyl (C=O) groups is 1. The molecule has 1 aliphatic heterocycles. The predicted octanol–water partition coefficient (Wildman–Crippen LogP) is 2.90. The maximum absolute atomic E-state index is 12.4. The number of carbonyl (C=O) groups excluding carboxylic acids is 1. The lowest BCUT2D eigenvalue weighted by Gasteiger charge is -2.32. The summed E-state index contributed by atoms with van der Waals surface area (Å²) in [5, 5.41) is 3.88. The summed E-state index contributed by atoms with van der Waals surface area (Å²) >= 11 is 0. The number of rotatable bonds is 5. The fourth-order valence-electron chi connectivity index (χ4n) is 3.34. The van der Waals surface area contributed by atoms with Crippen molar-refractivity contribution in [2.45, 2.75) is 26.7 Å². The summed E-state index contributed by atoms with van der Waals surface area (Å²) < 4.78 is 10.8. The molecular weight excluding hydrogens is 344 g/mol. The zero-order valence-corrected chi connectivity index (χ0v) is 16.3. The van der Waals surface area contributed by atoms with Crippen LogP contribution < -0.4 is 19.7 Å². The Kier molecular flexibility index (Phi) is 5.78. The van der Waals surface area contributed by atoms with E-state index < -0.39 is 0 Å². The minimum absolute atomic E-state index is 0.0267. The van der Waals surface area contributed by atoms with Gasteiger partial charge in [0, 0.05) is 36.2 Å². The highest BCUT2D eigenvalue weighted by Crippen LogP contribution is 2.35. The Hall–Kier alpha value is -2.83. The molecular formula is C20H26N4O3. The third-order valence-corrected chi connectivity index (χ3v) is 5.04. The molecule has 144 valence electrons. The second kappa shape index (κ2) is 8.24. The third-order valence-electron chi connectivity index (χ3n) is 5.04. The van der Waals surface area contributed by atoms with Crippen molar-refractivity contribution in [2.75, 3.05) is 32.2 Å². The van der Waals surface area contributed by atoms with E-state index in [0.29, 0.717) is 11.5 Å². The van der Waals surface area contributed by atoms with Crippen molar-refractivity contribution in [1.82, 2.24) is 15.3 Å².